The number of thiophene rings is 1. The molecule has 0 aliphatic rings. The van der Waals surface area contributed by atoms with Crippen LogP contribution >= 0.6 is 11.3 Å². The van der Waals surface area contributed by atoms with Crippen molar-refractivity contribution in [3.05, 3.63) is 170 Å². The van der Waals surface area contributed by atoms with Crippen LogP contribution in [-0.2, 0) is 0 Å². The maximum atomic E-state index is 5.22. The molecule has 0 saturated carbocycles. The highest BCUT2D eigenvalue weighted by molar-refractivity contribution is 7.27. The highest BCUT2D eigenvalue weighted by Crippen LogP contribution is 2.49. The predicted molar refractivity (Wildman–Crippen MR) is 218 cm³/mol. The van der Waals surface area contributed by atoms with Gasteiger partial charge in [-0.05, 0) is 56.9 Å². The van der Waals surface area contributed by atoms with E-state index in [2.05, 4.69) is 138 Å². The van der Waals surface area contributed by atoms with Crippen LogP contribution in [0.25, 0.3) is 103 Å². The molecule has 5 heteroatoms. The lowest BCUT2D eigenvalue weighted by Gasteiger charge is -2.13. The first-order valence-corrected chi connectivity index (χ1v) is 18.3. The lowest BCUT2D eigenvalue weighted by Crippen LogP contribution is -2.06. The summed E-state index contributed by atoms with van der Waals surface area (Å²) in [5.74, 6) is 1.87. The van der Waals surface area contributed by atoms with Gasteiger partial charge in [-0.15, -0.1) is 11.3 Å². The molecule has 0 bridgehead atoms. The fourth-order valence-corrected chi connectivity index (χ4v) is 9.14. The van der Waals surface area contributed by atoms with Crippen molar-refractivity contribution in [2.75, 3.05) is 0 Å². The highest BCUT2D eigenvalue weighted by atomic mass is 32.1. The summed E-state index contributed by atoms with van der Waals surface area (Å²) in [6, 6.07) is 60.2. The number of nitrogens with zero attached hydrogens (tertiary/aromatic N) is 4. The van der Waals surface area contributed by atoms with E-state index < -0.39 is 0 Å². The molecule has 242 valence electrons. The summed E-state index contributed by atoms with van der Waals surface area (Å²) in [4.78, 5) is 15.5. The van der Waals surface area contributed by atoms with Crippen molar-refractivity contribution in [1.82, 2.24) is 19.5 Å². The van der Waals surface area contributed by atoms with E-state index >= 15 is 0 Å². The molecular formula is C47H28N4S. The summed E-state index contributed by atoms with van der Waals surface area (Å²) in [6.07, 6.45) is 0. The molecule has 0 radical (unpaired) electrons. The molecule has 4 nitrogen and oxygen atoms in total. The minimum Gasteiger partial charge on any atom is -0.278 e. The SMILES string of the molecule is c1ccc(-c2nc(-c3ccccc3)nc(-n3c4ccccc4c4c5sc6ccc7ccccc7c6c5c(-c5ccc6ccccc6c5)cc43)n2)cc1. The van der Waals surface area contributed by atoms with Crippen LogP contribution in [0.5, 0.6) is 0 Å². The first-order valence-electron chi connectivity index (χ1n) is 17.5. The largest absolute Gasteiger partial charge is 0.278 e. The van der Waals surface area contributed by atoms with E-state index in [9.17, 15) is 0 Å². The second-order valence-corrected chi connectivity index (χ2v) is 14.3. The predicted octanol–water partition coefficient (Wildman–Crippen LogP) is 12.6. The Balaban J connectivity index is 1.31. The van der Waals surface area contributed by atoms with Crippen molar-refractivity contribution in [3.8, 4) is 39.9 Å². The molecule has 0 saturated heterocycles. The van der Waals surface area contributed by atoms with E-state index in [0.29, 0.717) is 17.6 Å². The minimum atomic E-state index is 0.592. The maximum Gasteiger partial charge on any atom is 0.238 e. The first-order chi connectivity index (χ1) is 25.8. The molecule has 0 spiro atoms. The average molecular weight is 681 g/mol. The molecular weight excluding hydrogens is 653 g/mol. The van der Waals surface area contributed by atoms with Gasteiger partial charge in [-0.2, -0.15) is 9.97 Å². The summed E-state index contributed by atoms with van der Waals surface area (Å²) in [5, 5.41) is 9.93. The molecule has 0 atom stereocenters. The molecule has 52 heavy (non-hydrogen) atoms. The van der Waals surface area contributed by atoms with Gasteiger partial charge in [0.15, 0.2) is 11.6 Å². The third kappa shape index (κ3) is 4.43. The van der Waals surface area contributed by atoms with Gasteiger partial charge in [0, 0.05) is 42.1 Å². The average Bonchev–Trinajstić information content (AvgIpc) is 3.77. The Morgan fingerprint density at radius 2 is 1.02 bits per heavy atom. The number of para-hydroxylation sites is 1. The first kappa shape index (κ1) is 29.1. The Morgan fingerprint density at radius 3 is 1.77 bits per heavy atom. The van der Waals surface area contributed by atoms with Gasteiger partial charge >= 0.3 is 0 Å². The van der Waals surface area contributed by atoms with Crippen LogP contribution in [0.1, 0.15) is 0 Å². The smallest absolute Gasteiger partial charge is 0.238 e. The zero-order valence-corrected chi connectivity index (χ0v) is 28.7. The molecule has 3 heterocycles. The van der Waals surface area contributed by atoms with E-state index in [1.165, 1.54) is 63.6 Å². The summed E-state index contributed by atoms with van der Waals surface area (Å²) < 4.78 is 4.79. The van der Waals surface area contributed by atoms with Crippen molar-refractivity contribution in [2.45, 2.75) is 0 Å². The van der Waals surface area contributed by atoms with E-state index in [0.717, 1.165) is 22.2 Å². The van der Waals surface area contributed by atoms with Gasteiger partial charge < -0.3 is 0 Å². The Bertz CT molecular complexity index is 3120. The molecule has 0 unspecified atom stereocenters. The lowest BCUT2D eigenvalue weighted by atomic mass is 9.93. The van der Waals surface area contributed by atoms with Crippen molar-refractivity contribution in [3.63, 3.8) is 0 Å². The number of benzene rings is 8. The number of hydrogen-bond donors (Lipinski definition) is 0. The van der Waals surface area contributed by atoms with E-state index in [1.807, 2.05) is 47.7 Å². The summed E-state index contributed by atoms with van der Waals surface area (Å²) in [5.41, 5.74) is 6.39. The van der Waals surface area contributed by atoms with Crippen LogP contribution in [0.3, 0.4) is 0 Å². The molecule has 0 aliphatic carbocycles. The molecule has 0 N–H and O–H groups in total. The number of rotatable bonds is 4. The third-order valence-electron chi connectivity index (χ3n) is 10.2. The Morgan fingerprint density at radius 1 is 0.404 bits per heavy atom. The summed E-state index contributed by atoms with van der Waals surface area (Å²) in [6.45, 7) is 0. The van der Waals surface area contributed by atoms with Crippen molar-refractivity contribution in [1.29, 1.82) is 0 Å². The summed E-state index contributed by atoms with van der Waals surface area (Å²) in [7, 11) is 0. The molecule has 3 aromatic heterocycles. The zero-order chi connectivity index (χ0) is 34.2. The van der Waals surface area contributed by atoms with Gasteiger partial charge in [0.05, 0.1) is 11.0 Å². The quantitative estimate of drug-likeness (QED) is 0.186. The van der Waals surface area contributed by atoms with Gasteiger partial charge in [0.25, 0.3) is 0 Å². The van der Waals surface area contributed by atoms with Crippen LogP contribution in [0.4, 0.5) is 0 Å². The molecule has 0 fully saturated rings. The number of hydrogen-bond acceptors (Lipinski definition) is 4. The fraction of sp³-hybridized carbons (Fsp3) is 0. The Hall–Kier alpha value is -6.69. The second kappa shape index (κ2) is 11.4. The van der Waals surface area contributed by atoms with Crippen molar-refractivity contribution in [2.24, 2.45) is 0 Å². The maximum absolute atomic E-state index is 5.22. The van der Waals surface area contributed by atoms with Gasteiger partial charge in [-0.25, -0.2) is 4.98 Å². The number of fused-ring (bicyclic) bond motifs is 10. The van der Waals surface area contributed by atoms with Gasteiger partial charge in [0.1, 0.15) is 0 Å². The standard InChI is InChI=1S/C47H28N4S/c1-3-15-31(16-4-1)45-48-46(32-17-5-2-6-18-32)50-47(49-45)51-38-22-12-11-21-36(38)41-39(51)28-37(34-24-23-29-13-7-8-19-33(29)27-34)43-42-35-20-10-9-14-30(35)25-26-40(42)52-44(41)43/h1-28H. The van der Waals surface area contributed by atoms with E-state index in [1.54, 1.807) is 0 Å². The van der Waals surface area contributed by atoms with Crippen molar-refractivity contribution < 1.29 is 0 Å². The second-order valence-electron chi connectivity index (χ2n) is 13.2. The third-order valence-corrected chi connectivity index (χ3v) is 11.4. The van der Waals surface area contributed by atoms with Gasteiger partial charge in [-0.3, -0.25) is 4.57 Å². The van der Waals surface area contributed by atoms with Crippen molar-refractivity contribution >= 4 is 74.9 Å². The molecule has 11 rings (SSSR count). The molecule has 11 aromatic rings. The van der Waals surface area contributed by atoms with Crippen LogP contribution in [0.2, 0.25) is 0 Å². The highest BCUT2D eigenvalue weighted by Gasteiger charge is 2.24. The number of aromatic nitrogens is 4. The molecule has 8 aromatic carbocycles. The van der Waals surface area contributed by atoms with E-state index in [4.69, 9.17) is 15.0 Å². The van der Waals surface area contributed by atoms with Crippen LogP contribution in [0, 0.1) is 0 Å². The summed E-state index contributed by atoms with van der Waals surface area (Å²) >= 11 is 1.88. The van der Waals surface area contributed by atoms with Crippen LogP contribution in [-0.4, -0.2) is 19.5 Å². The fourth-order valence-electron chi connectivity index (χ4n) is 7.84. The monoisotopic (exact) mass is 680 g/mol. The van der Waals surface area contributed by atoms with Crippen LogP contribution < -0.4 is 0 Å². The van der Waals surface area contributed by atoms with Gasteiger partial charge in [0.2, 0.25) is 5.95 Å². The normalized spacial score (nSPS) is 11.8. The van der Waals surface area contributed by atoms with Gasteiger partial charge in [-0.1, -0.05) is 146 Å². The van der Waals surface area contributed by atoms with E-state index in [-0.39, 0.29) is 0 Å². The Kier molecular flexibility index (Phi) is 6.39. The molecule has 0 aliphatic heterocycles. The Labute approximate surface area is 302 Å². The molecule has 0 amide bonds. The topological polar surface area (TPSA) is 43.6 Å². The lowest BCUT2D eigenvalue weighted by molar-refractivity contribution is 0.954. The zero-order valence-electron chi connectivity index (χ0n) is 27.9. The van der Waals surface area contributed by atoms with Crippen LogP contribution in [0.15, 0.2) is 170 Å². The minimum absolute atomic E-state index is 0.592.